The van der Waals surface area contributed by atoms with Gasteiger partial charge in [0.15, 0.2) is 19.0 Å². The molecule has 0 bridgehead atoms. The van der Waals surface area contributed by atoms with E-state index in [-0.39, 0.29) is 12.5 Å². The van der Waals surface area contributed by atoms with Gasteiger partial charge in [-0.3, -0.25) is 4.79 Å². The van der Waals surface area contributed by atoms with Gasteiger partial charge in [0.05, 0.1) is 11.6 Å². The second-order valence-electron chi connectivity index (χ2n) is 10.3. The molecule has 1 heterocycles. The molecule has 2 rings (SSSR count). The minimum Gasteiger partial charge on any atom is -0.492 e. The fourth-order valence-electron chi connectivity index (χ4n) is 4.41. The van der Waals surface area contributed by atoms with Crippen LogP contribution in [0, 0.1) is 0 Å². The normalized spacial score (nSPS) is 10.9. The molecule has 0 aliphatic rings. The Hall–Kier alpha value is -2.27. The zero-order valence-corrected chi connectivity index (χ0v) is 24.6. The summed E-state index contributed by atoms with van der Waals surface area (Å²) in [5.74, 6) is 1.07. The van der Waals surface area contributed by atoms with Gasteiger partial charge in [-0.15, -0.1) is 0 Å². The molecule has 0 atom stereocenters. The van der Waals surface area contributed by atoms with Gasteiger partial charge in [-0.1, -0.05) is 102 Å². The summed E-state index contributed by atoms with van der Waals surface area (Å²) in [6.45, 7) is 3.47. The SMILES string of the molecule is CCCCCCCCCCCCCCCCOc1ccc(OCC(=O)NCCc2cc[n+](C)cc2)cc1Cl. The minimum atomic E-state index is -0.152. The van der Waals surface area contributed by atoms with E-state index in [4.69, 9.17) is 21.1 Å². The number of carbonyl (C=O) groups excluding carboxylic acids is 1. The number of hydrogen-bond donors (Lipinski definition) is 1. The second kappa shape index (κ2) is 20.7. The van der Waals surface area contributed by atoms with Crippen LogP contribution in [0.4, 0.5) is 0 Å². The number of carbonyl (C=O) groups is 1. The molecule has 5 nitrogen and oxygen atoms in total. The van der Waals surface area contributed by atoms with Crippen LogP contribution in [0.3, 0.4) is 0 Å². The van der Waals surface area contributed by atoms with Crippen molar-refractivity contribution in [2.24, 2.45) is 7.05 Å². The molecule has 0 saturated carbocycles. The summed E-state index contributed by atoms with van der Waals surface area (Å²) in [6.07, 6.45) is 23.5. The van der Waals surface area contributed by atoms with E-state index >= 15 is 0 Å². The molecule has 6 heteroatoms. The van der Waals surface area contributed by atoms with Crippen molar-refractivity contribution in [2.75, 3.05) is 19.8 Å². The third kappa shape index (κ3) is 15.2. The van der Waals surface area contributed by atoms with E-state index in [1.165, 1.54) is 89.0 Å². The highest BCUT2D eigenvalue weighted by atomic mass is 35.5. The number of unbranched alkanes of at least 4 members (excludes halogenated alkanes) is 13. The van der Waals surface area contributed by atoms with Crippen molar-refractivity contribution in [3.63, 3.8) is 0 Å². The molecule has 0 unspecified atom stereocenters. The lowest BCUT2D eigenvalue weighted by molar-refractivity contribution is -0.671. The summed E-state index contributed by atoms with van der Waals surface area (Å²) in [5, 5.41) is 3.39. The van der Waals surface area contributed by atoms with E-state index in [9.17, 15) is 4.79 Å². The molecule has 1 aromatic heterocycles. The van der Waals surface area contributed by atoms with Crippen molar-refractivity contribution in [1.29, 1.82) is 0 Å². The number of halogens is 1. The van der Waals surface area contributed by atoms with Gasteiger partial charge in [-0.2, -0.15) is 0 Å². The maximum atomic E-state index is 12.1. The van der Waals surface area contributed by atoms with Crippen LogP contribution in [0.5, 0.6) is 11.5 Å². The lowest BCUT2D eigenvalue weighted by Crippen LogP contribution is -2.31. The Morgan fingerprint density at radius 1 is 0.816 bits per heavy atom. The topological polar surface area (TPSA) is 51.4 Å². The van der Waals surface area contributed by atoms with Gasteiger partial charge in [0.2, 0.25) is 0 Å². The summed E-state index contributed by atoms with van der Waals surface area (Å²) in [7, 11) is 1.98. The quantitative estimate of drug-likeness (QED) is 0.121. The maximum Gasteiger partial charge on any atom is 0.257 e. The van der Waals surface area contributed by atoms with Gasteiger partial charge in [-0.25, -0.2) is 4.57 Å². The number of ether oxygens (including phenoxy) is 2. The van der Waals surface area contributed by atoms with Gasteiger partial charge in [0.25, 0.3) is 5.91 Å². The van der Waals surface area contributed by atoms with E-state index in [1.807, 2.05) is 42.2 Å². The van der Waals surface area contributed by atoms with Crippen LogP contribution >= 0.6 is 11.6 Å². The summed E-state index contributed by atoms with van der Waals surface area (Å²) in [6, 6.07) is 9.42. The number of rotatable bonds is 22. The first-order valence-corrected chi connectivity index (χ1v) is 15.2. The Labute approximate surface area is 236 Å². The highest BCUT2D eigenvalue weighted by molar-refractivity contribution is 6.32. The molecule has 1 amide bonds. The third-order valence-electron chi connectivity index (χ3n) is 6.81. The summed E-state index contributed by atoms with van der Waals surface area (Å²) in [5.41, 5.74) is 1.18. The van der Waals surface area contributed by atoms with Crippen molar-refractivity contribution < 1.29 is 18.8 Å². The summed E-state index contributed by atoms with van der Waals surface area (Å²) in [4.78, 5) is 12.1. The second-order valence-corrected chi connectivity index (χ2v) is 10.7. The van der Waals surface area contributed by atoms with E-state index in [0.717, 1.165) is 12.8 Å². The first-order valence-electron chi connectivity index (χ1n) is 14.8. The number of aryl methyl sites for hydroxylation is 1. The van der Waals surface area contributed by atoms with Crippen LogP contribution in [0.25, 0.3) is 0 Å². The average molecular weight is 546 g/mol. The Morgan fingerprint density at radius 2 is 1.39 bits per heavy atom. The van der Waals surface area contributed by atoms with Crippen molar-refractivity contribution in [3.8, 4) is 11.5 Å². The minimum absolute atomic E-state index is 0.0423. The number of nitrogens with zero attached hydrogens (tertiary/aromatic N) is 1. The molecule has 0 radical (unpaired) electrons. The number of amides is 1. The number of benzene rings is 1. The molecule has 1 N–H and O–H groups in total. The smallest absolute Gasteiger partial charge is 0.257 e. The fraction of sp³-hybridized carbons (Fsp3) is 0.625. The first-order chi connectivity index (χ1) is 18.6. The van der Waals surface area contributed by atoms with E-state index in [2.05, 4.69) is 12.2 Å². The maximum absolute atomic E-state index is 12.1. The monoisotopic (exact) mass is 545 g/mol. The number of hydrogen-bond acceptors (Lipinski definition) is 3. The molecule has 0 aliphatic heterocycles. The van der Waals surface area contributed by atoms with Crippen LogP contribution < -0.4 is 19.4 Å². The highest BCUT2D eigenvalue weighted by Gasteiger charge is 2.07. The van der Waals surface area contributed by atoms with Crippen LogP contribution in [-0.2, 0) is 18.3 Å². The van der Waals surface area contributed by atoms with E-state index in [0.29, 0.717) is 29.7 Å². The Balaban J connectivity index is 1.46. The largest absolute Gasteiger partial charge is 0.492 e. The van der Waals surface area contributed by atoms with E-state index < -0.39 is 0 Å². The molecule has 212 valence electrons. The lowest BCUT2D eigenvalue weighted by Gasteiger charge is -2.11. The van der Waals surface area contributed by atoms with Crippen LogP contribution in [0.15, 0.2) is 42.7 Å². The zero-order valence-electron chi connectivity index (χ0n) is 23.8. The molecule has 38 heavy (non-hydrogen) atoms. The summed E-state index contributed by atoms with van der Waals surface area (Å²) < 4.78 is 13.4. The zero-order chi connectivity index (χ0) is 27.3. The van der Waals surface area contributed by atoms with Gasteiger partial charge in [0.1, 0.15) is 18.5 Å². The number of pyridine rings is 1. The molecule has 0 spiro atoms. The van der Waals surface area contributed by atoms with Crippen molar-refractivity contribution >= 4 is 17.5 Å². The molecule has 0 saturated heterocycles. The molecule has 0 fully saturated rings. The predicted octanol–water partition coefficient (Wildman–Crippen LogP) is 7.76. The van der Waals surface area contributed by atoms with Crippen molar-refractivity contribution in [2.45, 2.75) is 103 Å². The van der Waals surface area contributed by atoms with Crippen molar-refractivity contribution in [1.82, 2.24) is 5.32 Å². The van der Waals surface area contributed by atoms with Gasteiger partial charge in [0, 0.05) is 24.7 Å². The molecule has 0 aliphatic carbocycles. The standard InChI is InChI=1S/C32H49ClN2O3/c1-3-4-5-6-7-8-9-10-11-12-13-14-15-16-25-37-31-18-17-29(26-30(31)33)38-27-32(36)34-22-19-28-20-23-35(2)24-21-28/h17-18,20-21,23-24,26H,3-16,19,22,25,27H2,1-2H3/p+1. The van der Waals surface area contributed by atoms with Crippen LogP contribution in [0.2, 0.25) is 5.02 Å². The average Bonchev–Trinajstić information content (AvgIpc) is 2.91. The van der Waals surface area contributed by atoms with Crippen molar-refractivity contribution in [3.05, 3.63) is 53.3 Å². The molecular weight excluding hydrogens is 496 g/mol. The fourth-order valence-corrected chi connectivity index (χ4v) is 4.64. The lowest BCUT2D eigenvalue weighted by atomic mass is 10.0. The Kier molecular flexibility index (Phi) is 17.4. The van der Waals surface area contributed by atoms with Gasteiger partial charge >= 0.3 is 0 Å². The van der Waals surface area contributed by atoms with Crippen LogP contribution in [0.1, 0.15) is 102 Å². The third-order valence-corrected chi connectivity index (χ3v) is 7.11. The van der Waals surface area contributed by atoms with Gasteiger partial charge in [-0.05, 0) is 30.5 Å². The Morgan fingerprint density at radius 3 is 1.97 bits per heavy atom. The molecule has 1 aromatic carbocycles. The number of aromatic nitrogens is 1. The summed E-state index contributed by atoms with van der Waals surface area (Å²) >= 11 is 6.36. The number of nitrogens with one attached hydrogen (secondary N) is 1. The molecular formula is C32H50ClN2O3+. The Bertz CT molecular complexity index is 889. The highest BCUT2D eigenvalue weighted by Crippen LogP contribution is 2.29. The van der Waals surface area contributed by atoms with Crippen LogP contribution in [-0.4, -0.2) is 25.7 Å². The van der Waals surface area contributed by atoms with Gasteiger partial charge < -0.3 is 14.8 Å². The first kappa shape index (κ1) is 31.9. The molecule has 2 aromatic rings. The van der Waals surface area contributed by atoms with E-state index in [1.54, 1.807) is 12.1 Å². The predicted molar refractivity (Wildman–Crippen MR) is 157 cm³/mol.